The largest absolute Gasteiger partial charge is 0.439 e. The van der Waals surface area contributed by atoms with Crippen LogP contribution in [0.2, 0.25) is 0 Å². The SMILES string of the molecule is C=CCOC[C@H](O)CN(CCOC)Cc1c(C)nn(-c2ccc(F)cc2)c1Oc1ccc(F)cc1. The second kappa shape index (κ2) is 13.1. The van der Waals surface area contributed by atoms with Crippen molar-refractivity contribution in [2.45, 2.75) is 19.6 Å². The monoisotopic (exact) mass is 487 g/mol. The smallest absolute Gasteiger partial charge is 0.227 e. The molecule has 35 heavy (non-hydrogen) atoms. The number of methoxy groups -OCH3 is 1. The van der Waals surface area contributed by atoms with Crippen molar-refractivity contribution >= 4 is 0 Å². The van der Waals surface area contributed by atoms with Crippen LogP contribution in [-0.4, -0.2) is 65.9 Å². The fraction of sp³-hybridized carbons (Fsp3) is 0.346. The second-order valence-corrected chi connectivity index (χ2v) is 8.02. The average molecular weight is 488 g/mol. The lowest BCUT2D eigenvalue weighted by atomic mass is 10.2. The molecule has 0 saturated carbocycles. The van der Waals surface area contributed by atoms with Crippen LogP contribution >= 0.6 is 0 Å². The van der Waals surface area contributed by atoms with Gasteiger partial charge in [0.1, 0.15) is 17.4 Å². The van der Waals surface area contributed by atoms with Gasteiger partial charge >= 0.3 is 0 Å². The van der Waals surface area contributed by atoms with Crippen LogP contribution in [0.15, 0.2) is 61.2 Å². The highest BCUT2D eigenvalue weighted by Gasteiger charge is 2.23. The Morgan fingerprint density at radius 3 is 2.40 bits per heavy atom. The van der Waals surface area contributed by atoms with Crippen molar-refractivity contribution in [2.75, 3.05) is 40.0 Å². The molecule has 188 valence electrons. The highest BCUT2D eigenvalue weighted by Crippen LogP contribution is 2.32. The van der Waals surface area contributed by atoms with Crippen LogP contribution in [0.5, 0.6) is 11.6 Å². The third-order valence-corrected chi connectivity index (χ3v) is 5.24. The van der Waals surface area contributed by atoms with Crippen molar-refractivity contribution in [2.24, 2.45) is 0 Å². The highest BCUT2D eigenvalue weighted by atomic mass is 19.1. The van der Waals surface area contributed by atoms with Gasteiger partial charge in [-0.2, -0.15) is 5.10 Å². The van der Waals surface area contributed by atoms with Crippen molar-refractivity contribution in [3.63, 3.8) is 0 Å². The van der Waals surface area contributed by atoms with Crippen LogP contribution < -0.4 is 4.74 Å². The first kappa shape index (κ1) is 26.5. The molecule has 3 aromatic rings. The van der Waals surface area contributed by atoms with Crippen molar-refractivity contribution in [3.05, 3.63) is 84.1 Å². The van der Waals surface area contributed by atoms with E-state index in [2.05, 4.69) is 11.7 Å². The maximum atomic E-state index is 13.5. The maximum absolute atomic E-state index is 13.5. The Labute approximate surface area is 204 Å². The van der Waals surface area contributed by atoms with Gasteiger partial charge in [-0.1, -0.05) is 6.08 Å². The molecule has 0 fully saturated rings. The number of aromatic nitrogens is 2. The number of ether oxygens (including phenoxy) is 3. The third-order valence-electron chi connectivity index (χ3n) is 5.24. The first-order valence-electron chi connectivity index (χ1n) is 11.3. The van der Waals surface area contributed by atoms with Gasteiger partial charge in [0.25, 0.3) is 0 Å². The molecule has 0 radical (unpaired) electrons. The normalized spacial score (nSPS) is 12.2. The van der Waals surface area contributed by atoms with E-state index in [0.29, 0.717) is 55.9 Å². The molecule has 1 atom stereocenters. The van der Waals surface area contributed by atoms with Crippen LogP contribution in [0, 0.1) is 18.6 Å². The summed E-state index contributed by atoms with van der Waals surface area (Å²) in [6, 6.07) is 11.6. The molecule has 3 rings (SSSR count). The number of hydrogen-bond acceptors (Lipinski definition) is 6. The van der Waals surface area contributed by atoms with Gasteiger partial charge in [-0.15, -0.1) is 6.58 Å². The van der Waals surface area contributed by atoms with Gasteiger partial charge in [0.15, 0.2) is 0 Å². The van der Waals surface area contributed by atoms with Gasteiger partial charge in [-0.05, 0) is 55.5 Å². The van der Waals surface area contributed by atoms with Gasteiger partial charge in [-0.3, -0.25) is 4.90 Å². The Hall–Kier alpha value is -3.11. The number of rotatable bonds is 14. The van der Waals surface area contributed by atoms with Crippen molar-refractivity contribution < 1.29 is 28.1 Å². The molecule has 1 aromatic heterocycles. The summed E-state index contributed by atoms with van der Waals surface area (Å²) in [6.07, 6.45) is 0.905. The molecule has 1 N–H and O–H groups in total. The lowest BCUT2D eigenvalue weighted by Crippen LogP contribution is -2.36. The molecule has 0 bridgehead atoms. The second-order valence-electron chi connectivity index (χ2n) is 8.02. The van der Waals surface area contributed by atoms with Crippen LogP contribution in [-0.2, 0) is 16.0 Å². The lowest BCUT2D eigenvalue weighted by molar-refractivity contribution is 0.0192. The minimum Gasteiger partial charge on any atom is -0.439 e. The Balaban J connectivity index is 1.93. The average Bonchev–Trinajstić information content (AvgIpc) is 3.14. The molecule has 0 unspecified atom stereocenters. The Bertz CT molecular complexity index is 1070. The summed E-state index contributed by atoms with van der Waals surface area (Å²) in [4.78, 5) is 2.02. The standard InChI is InChI=1S/C26H31F2N3O4/c1-4-14-34-18-23(32)16-30(13-15-33-3)17-25-19(2)29-31(22-9-5-20(27)6-10-22)26(25)35-24-11-7-21(28)8-12-24/h4-12,23,32H,1,13-18H2,2-3H3/t23-/m1/s1. The van der Waals surface area contributed by atoms with E-state index in [9.17, 15) is 13.9 Å². The van der Waals surface area contributed by atoms with Gasteiger partial charge in [0.05, 0.1) is 42.9 Å². The molecule has 0 aliphatic rings. The van der Waals surface area contributed by atoms with Gasteiger partial charge < -0.3 is 19.3 Å². The summed E-state index contributed by atoms with van der Waals surface area (Å²) in [5.74, 6) is 0.106. The van der Waals surface area contributed by atoms with E-state index < -0.39 is 6.10 Å². The van der Waals surface area contributed by atoms with E-state index in [4.69, 9.17) is 14.2 Å². The summed E-state index contributed by atoms with van der Waals surface area (Å²) < 4.78 is 45.4. The number of hydrogen-bond donors (Lipinski definition) is 1. The first-order chi connectivity index (χ1) is 16.9. The minimum atomic E-state index is -0.722. The molecule has 0 aliphatic carbocycles. The van der Waals surface area contributed by atoms with E-state index in [-0.39, 0.29) is 18.2 Å². The van der Waals surface area contributed by atoms with Crippen LogP contribution in [0.1, 0.15) is 11.3 Å². The Morgan fingerprint density at radius 2 is 1.77 bits per heavy atom. The highest BCUT2D eigenvalue weighted by molar-refractivity contribution is 5.43. The predicted molar refractivity (Wildman–Crippen MR) is 129 cm³/mol. The van der Waals surface area contributed by atoms with E-state index >= 15 is 0 Å². The number of aliphatic hydroxyl groups excluding tert-OH is 1. The zero-order valence-electron chi connectivity index (χ0n) is 20.0. The molecular weight excluding hydrogens is 456 g/mol. The van der Waals surface area contributed by atoms with Gasteiger partial charge in [0, 0.05) is 26.7 Å². The Morgan fingerprint density at radius 1 is 1.11 bits per heavy atom. The molecule has 0 amide bonds. The first-order valence-corrected chi connectivity index (χ1v) is 11.3. The number of halogens is 2. The number of aliphatic hydroxyl groups is 1. The molecular formula is C26H31F2N3O4. The van der Waals surface area contributed by atoms with Crippen molar-refractivity contribution in [1.82, 2.24) is 14.7 Å². The van der Waals surface area contributed by atoms with Crippen LogP contribution in [0.25, 0.3) is 5.69 Å². The lowest BCUT2D eigenvalue weighted by Gasteiger charge is -2.25. The van der Waals surface area contributed by atoms with Crippen LogP contribution in [0.4, 0.5) is 8.78 Å². The molecule has 2 aromatic carbocycles. The fourth-order valence-corrected chi connectivity index (χ4v) is 3.51. The van der Waals surface area contributed by atoms with Crippen molar-refractivity contribution in [1.29, 1.82) is 0 Å². The molecule has 0 spiro atoms. The van der Waals surface area contributed by atoms with E-state index in [1.807, 2.05) is 11.8 Å². The van der Waals surface area contributed by atoms with Gasteiger partial charge in [-0.25, -0.2) is 13.5 Å². The fourth-order valence-electron chi connectivity index (χ4n) is 3.51. The summed E-state index contributed by atoms with van der Waals surface area (Å²) >= 11 is 0. The zero-order valence-corrected chi connectivity index (χ0v) is 20.0. The number of aryl methyl sites for hydroxylation is 1. The van der Waals surface area contributed by atoms with E-state index in [0.717, 1.165) is 5.56 Å². The molecule has 0 saturated heterocycles. The van der Waals surface area contributed by atoms with Crippen LogP contribution in [0.3, 0.4) is 0 Å². The summed E-state index contributed by atoms with van der Waals surface area (Å²) in [6.45, 7) is 7.71. The topological polar surface area (TPSA) is 69.0 Å². The summed E-state index contributed by atoms with van der Waals surface area (Å²) in [5, 5.41) is 15.1. The molecule has 9 heteroatoms. The summed E-state index contributed by atoms with van der Waals surface area (Å²) in [7, 11) is 1.61. The Kier molecular flexibility index (Phi) is 9.92. The molecule has 7 nitrogen and oxygen atoms in total. The minimum absolute atomic E-state index is 0.169. The van der Waals surface area contributed by atoms with E-state index in [1.165, 1.54) is 36.4 Å². The van der Waals surface area contributed by atoms with E-state index in [1.54, 1.807) is 30.0 Å². The predicted octanol–water partition coefficient (Wildman–Crippen LogP) is 4.26. The number of nitrogens with zero attached hydrogens (tertiary/aromatic N) is 3. The molecule has 0 aliphatic heterocycles. The molecule has 1 heterocycles. The van der Waals surface area contributed by atoms with Gasteiger partial charge in [0.2, 0.25) is 5.88 Å². The number of benzene rings is 2. The van der Waals surface area contributed by atoms with Crippen molar-refractivity contribution in [3.8, 4) is 17.3 Å². The zero-order chi connectivity index (χ0) is 25.2. The quantitative estimate of drug-likeness (QED) is 0.271. The third kappa shape index (κ3) is 7.69. The maximum Gasteiger partial charge on any atom is 0.227 e. The summed E-state index contributed by atoms with van der Waals surface area (Å²) in [5.41, 5.74) is 2.08.